The van der Waals surface area contributed by atoms with E-state index in [2.05, 4.69) is 154 Å². The number of carbonyl (C=O) groups is 3. The fourth-order valence-electron chi connectivity index (χ4n) is 8.12. The second-order valence-corrected chi connectivity index (χ2v) is 19.9. The second-order valence-electron chi connectivity index (χ2n) is 19.9. The van der Waals surface area contributed by atoms with Crippen LogP contribution in [-0.4, -0.2) is 37.2 Å². The van der Waals surface area contributed by atoms with Gasteiger partial charge in [-0.1, -0.05) is 264 Å². The first kappa shape index (κ1) is 70.5. The fourth-order valence-corrected chi connectivity index (χ4v) is 8.12. The van der Waals surface area contributed by atoms with E-state index in [-0.39, 0.29) is 37.5 Å². The standard InChI is InChI=1S/C69H112O6/c1-4-7-10-13-16-18-20-22-24-26-28-30-31-32-33-34-35-36-37-39-40-42-44-46-48-50-53-56-59-62-68(71)74-65-66(64-73-67(70)61-58-55-52-15-12-9-6-3)75-69(72)63-60-57-54-51-49-47-45-43-41-38-29-27-25-23-21-19-17-14-11-8-5-2/h7-8,10-11,16-19,22-25,28-30,32-33,38,43,45,49,51,66H,4-6,9,12-15,20-21,26-27,31,34-37,39-42,44,46-48,50,52-65H2,1-3H3/b10-7-,11-8-,18-16-,19-17-,24-22-,25-23-,30-28-,33-32-,38-29-,45-43-,51-49-. The Labute approximate surface area is 462 Å². The van der Waals surface area contributed by atoms with Crippen molar-refractivity contribution in [2.75, 3.05) is 13.2 Å². The van der Waals surface area contributed by atoms with Gasteiger partial charge < -0.3 is 14.2 Å². The molecule has 0 aliphatic rings. The molecule has 6 heteroatoms. The monoisotopic (exact) mass is 1040 g/mol. The van der Waals surface area contributed by atoms with Crippen LogP contribution in [0.25, 0.3) is 0 Å². The van der Waals surface area contributed by atoms with E-state index in [1.54, 1.807) is 0 Å². The van der Waals surface area contributed by atoms with E-state index in [9.17, 15) is 14.4 Å². The summed E-state index contributed by atoms with van der Waals surface area (Å²) in [4.78, 5) is 38.0. The fraction of sp³-hybridized carbons (Fsp3) is 0.638. The molecular formula is C69H112O6. The molecule has 0 aliphatic carbocycles. The summed E-state index contributed by atoms with van der Waals surface area (Å²) >= 11 is 0. The molecule has 6 nitrogen and oxygen atoms in total. The molecule has 0 spiro atoms. The maximum Gasteiger partial charge on any atom is 0.306 e. The Hall–Kier alpha value is -4.45. The SMILES string of the molecule is CC/C=C\C/C=C\C/C=C\C/C=C\C/C=C\C/C=C\CCCCC(=O)OC(COC(=O)CCCCCCCCC)COC(=O)CCCCCCCCCCCCCCC/C=C\C/C=C\C/C=C\C/C=C\C/C=C\CC. The number of ether oxygens (including phenoxy) is 3. The van der Waals surface area contributed by atoms with Crippen molar-refractivity contribution in [3.05, 3.63) is 134 Å². The molecule has 0 saturated heterocycles. The highest BCUT2D eigenvalue weighted by atomic mass is 16.6. The first-order chi connectivity index (χ1) is 37.0. The van der Waals surface area contributed by atoms with E-state index in [1.165, 1.54) is 96.3 Å². The van der Waals surface area contributed by atoms with Gasteiger partial charge in [0.2, 0.25) is 0 Å². The average Bonchev–Trinajstić information content (AvgIpc) is 3.41. The van der Waals surface area contributed by atoms with Gasteiger partial charge in [0, 0.05) is 19.3 Å². The van der Waals surface area contributed by atoms with Crippen molar-refractivity contribution < 1.29 is 28.6 Å². The maximum absolute atomic E-state index is 12.8. The lowest BCUT2D eigenvalue weighted by molar-refractivity contribution is -0.167. The van der Waals surface area contributed by atoms with Crippen LogP contribution < -0.4 is 0 Å². The second kappa shape index (κ2) is 62.1. The molecule has 0 fully saturated rings. The average molecular weight is 1040 g/mol. The summed E-state index contributed by atoms with van der Waals surface area (Å²) in [7, 11) is 0. The van der Waals surface area contributed by atoms with Gasteiger partial charge >= 0.3 is 17.9 Å². The number of unbranched alkanes of at least 4 members (excludes halogenated alkanes) is 21. The molecule has 0 N–H and O–H groups in total. The molecule has 0 aromatic carbocycles. The quantitative estimate of drug-likeness (QED) is 0.0261. The Bertz CT molecular complexity index is 1620. The molecule has 0 amide bonds. The first-order valence-electron chi connectivity index (χ1n) is 30.7. The summed E-state index contributed by atoms with van der Waals surface area (Å²) < 4.78 is 16.8. The molecule has 0 aliphatic heterocycles. The zero-order chi connectivity index (χ0) is 54.3. The third-order valence-corrected chi connectivity index (χ3v) is 12.7. The van der Waals surface area contributed by atoms with Crippen molar-refractivity contribution in [3.63, 3.8) is 0 Å². The smallest absolute Gasteiger partial charge is 0.306 e. The van der Waals surface area contributed by atoms with Crippen LogP contribution in [-0.2, 0) is 28.6 Å². The topological polar surface area (TPSA) is 78.9 Å². The summed E-state index contributed by atoms with van der Waals surface area (Å²) in [6.45, 7) is 6.33. The zero-order valence-electron chi connectivity index (χ0n) is 48.5. The van der Waals surface area contributed by atoms with Crippen molar-refractivity contribution in [2.24, 2.45) is 0 Å². The third-order valence-electron chi connectivity index (χ3n) is 12.7. The van der Waals surface area contributed by atoms with E-state index in [0.717, 1.165) is 122 Å². The van der Waals surface area contributed by atoms with Crippen LogP contribution in [0.15, 0.2) is 134 Å². The largest absolute Gasteiger partial charge is 0.462 e. The molecule has 0 heterocycles. The number of hydrogen-bond acceptors (Lipinski definition) is 6. The van der Waals surface area contributed by atoms with Gasteiger partial charge in [0.15, 0.2) is 6.10 Å². The van der Waals surface area contributed by atoms with Gasteiger partial charge in [-0.05, 0) is 116 Å². The van der Waals surface area contributed by atoms with E-state index < -0.39 is 6.10 Å². The molecule has 0 radical (unpaired) electrons. The predicted molar refractivity (Wildman–Crippen MR) is 325 cm³/mol. The van der Waals surface area contributed by atoms with E-state index in [4.69, 9.17) is 14.2 Å². The maximum atomic E-state index is 12.8. The minimum Gasteiger partial charge on any atom is -0.462 e. The molecule has 0 rings (SSSR count). The van der Waals surface area contributed by atoms with Crippen molar-refractivity contribution in [3.8, 4) is 0 Å². The minimum atomic E-state index is -0.803. The van der Waals surface area contributed by atoms with Gasteiger partial charge in [-0.25, -0.2) is 0 Å². The normalized spacial score (nSPS) is 13.1. The number of esters is 3. The van der Waals surface area contributed by atoms with Crippen LogP contribution in [0.3, 0.4) is 0 Å². The number of allylic oxidation sites excluding steroid dienone is 22. The summed E-state index contributed by atoms with van der Waals surface area (Å²) in [6, 6.07) is 0. The Balaban J connectivity index is 4.21. The van der Waals surface area contributed by atoms with Crippen molar-refractivity contribution in [1.82, 2.24) is 0 Å². The number of rotatable bonds is 54. The molecule has 0 aromatic rings. The highest BCUT2D eigenvalue weighted by Gasteiger charge is 2.19. The Morgan fingerprint density at radius 2 is 0.520 bits per heavy atom. The lowest BCUT2D eigenvalue weighted by Crippen LogP contribution is -2.30. The molecule has 75 heavy (non-hydrogen) atoms. The lowest BCUT2D eigenvalue weighted by Gasteiger charge is -2.18. The summed E-state index contributed by atoms with van der Waals surface area (Å²) in [5.74, 6) is -0.951. The third kappa shape index (κ3) is 60.3. The van der Waals surface area contributed by atoms with Crippen molar-refractivity contribution >= 4 is 17.9 Å². The summed E-state index contributed by atoms with van der Waals surface area (Å²) in [5, 5.41) is 0. The summed E-state index contributed by atoms with van der Waals surface area (Å²) in [5.41, 5.74) is 0. The van der Waals surface area contributed by atoms with Crippen LogP contribution in [0, 0.1) is 0 Å². The number of hydrogen-bond donors (Lipinski definition) is 0. The van der Waals surface area contributed by atoms with Crippen LogP contribution in [0.5, 0.6) is 0 Å². The van der Waals surface area contributed by atoms with Crippen LogP contribution >= 0.6 is 0 Å². The molecule has 1 unspecified atom stereocenters. The Morgan fingerprint density at radius 3 is 0.840 bits per heavy atom. The Morgan fingerprint density at radius 1 is 0.280 bits per heavy atom. The van der Waals surface area contributed by atoms with Crippen molar-refractivity contribution in [1.29, 1.82) is 0 Å². The molecule has 0 bridgehead atoms. The highest BCUT2D eigenvalue weighted by molar-refractivity contribution is 5.71. The van der Waals surface area contributed by atoms with Crippen LogP contribution in [0.4, 0.5) is 0 Å². The Kier molecular flexibility index (Phi) is 58.4. The van der Waals surface area contributed by atoms with Crippen molar-refractivity contribution in [2.45, 2.75) is 271 Å². The molecule has 1 atom stereocenters. The van der Waals surface area contributed by atoms with E-state index in [0.29, 0.717) is 19.3 Å². The molecular weight excluding hydrogens is 925 g/mol. The minimum absolute atomic E-state index is 0.0979. The van der Waals surface area contributed by atoms with Crippen LogP contribution in [0.1, 0.15) is 265 Å². The van der Waals surface area contributed by atoms with Gasteiger partial charge in [0.25, 0.3) is 0 Å². The summed E-state index contributed by atoms with van der Waals surface area (Å²) in [6.07, 6.45) is 87.7. The molecule has 424 valence electrons. The van der Waals surface area contributed by atoms with Gasteiger partial charge in [-0.3, -0.25) is 14.4 Å². The highest BCUT2D eigenvalue weighted by Crippen LogP contribution is 2.15. The molecule has 0 saturated carbocycles. The van der Waals surface area contributed by atoms with Gasteiger partial charge in [-0.2, -0.15) is 0 Å². The van der Waals surface area contributed by atoms with Gasteiger partial charge in [0.05, 0.1) is 0 Å². The van der Waals surface area contributed by atoms with Gasteiger partial charge in [0.1, 0.15) is 13.2 Å². The van der Waals surface area contributed by atoms with Gasteiger partial charge in [-0.15, -0.1) is 0 Å². The number of carbonyl (C=O) groups excluding carboxylic acids is 3. The first-order valence-corrected chi connectivity index (χ1v) is 30.7. The lowest BCUT2D eigenvalue weighted by atomic mass is 10.0. The molecule has 0 aromatic heterocycles. The zero-order valence-corrected chi connectivity index (χ0v) is 48.5. The predicted octanol–water partition coefficient (Wildman–Crippen LogP) is 21.0. The van der Waals surface area contributed by atoms with E-state index >= 15 is 0 Å². The van der Waals surface area contributed by atoms with Crippen LogP contribution in [0.2, 0.25) is 0 Å². The van der Waals surface area contributed by atoms with E-state index in [1.807, 2.05) is 0 Å².